The zero-order valence-corrected chi connectivity index (χ0v) is 20.8. The van der Waals surface area contributed by atoms with E-state index in [9.17, 15) is 20.1 Å². The van der Waals surface area contributed by atoms with Crippen LogP contribution in [-0.4, -0.2) is 49.5 Å². The first-order valence-corrected chi connectivity index (χ1v) is 13.3. The standard InChI is InChI=1S/C30H33NO5/c1-3-17-15-28-9-10-29(36-28)20(13-22(28)26(34)25(17)33)6-8-27(2)23(29)14-24(32)30(27,35)21-5-4-18-7-11-31-16-19(18)12-21/h4-7,11-13,16-17,23,25-26,33-35H,3,8-10,14-15H2,1-2H3. The van der Waals surface area contributed by atoms with Gasteiger partial charge in [-0.3, -0.25) is 9.78 Å². The van der Waals surface area contributed by atoms with Crippen LogP contribution in [0, 0.1) is 17.3 Å². The molecule has 0 amide bonds. The second-order valence-electron chi connectivity index (χ2n) is 12.0. The van der Waals surface area contributed by atoms with Crippen LogP contribution in [0.5, 0.6) is 0 Å². The molecular formula is C30H33NO5. The highest BCUT2D eigenvalue weighted by Crippen LogP contribution is 2.69. The smallest absolute Gasteiger partial charge is 0.169 e. The number of hydrogen-bond donors (Lipinski definition) is 3. The molecule has 1 aromatic carbocycles. The van der Waals surface area contributed by atoms with Crippen molar-refractivity contribution >= 4 is 16.6 Å². The van der Waals surface area contributed by atoms with Crippen LogP contribution >= 0.6 is 0 Å². The molecule has 3 N–H and O–H groups in total. The molecule has 8 unspecified atom stereocenters. The lowest BCUT2D eigenvalue weighted by Crippen LogP contribution is -2.59. The molecule has 36 heavy (non-hydrogen) atoms. The van der Waals surface area contributed by atoms with Gasteiger partial charge in [0, 0.05) is 35.5 Å². The number of aliphatic hydroxyl groups is 3. The average molecular weight is 488 g/mol. The molecule has 3 heterocycles. The normalized spacial score (nSPS) is 45.1. The number of pyridine rings is 1. The van der Waals surface area contributed by atoms with E-state index in [4.69, 9.17) is 4.74 Å². The molecule has 2 saturated carbocycles. The van der Waals surface area contributed by atoms with Crippen LogP contribution in [0.1, 0.15) is 57.9 Å². The molecular weight excluding hydrogens is 454 g/mol. The maximum atomic E-state index is 13.8. The highest BCUT2D eigenvalue weighted by atomic mass is 16.5. The summed E-state index contributed by atoms with van der Waals surface area (Å²) in [4.78, 5) is 18.0. The molecule has 2 bridgehead atoms. The van der Waals surface area contributed by atoms with Gasteiger partial charge in [-0.1, -0.05) is 44.6 Å². The second kappa shape index (κ2) is 7.13. The van der Waals surface area contributed by atoms with Crippen LogP contribution in [0.15, 0.2) is 60.0 Å². The summed E-state index contributed by atoms with van der Waals surface area (Å²) in [6.45, 7) is 4.08. The predicted molar refractivity (Wildman–Crippen MR) is 134 cm³/mol. The van der Waals surface area contributed by atoms with Crippen molar-refractivity contribution in [2.45, 2.75) is 81.4 Å². The Morgan fingerprint density at radius 3 is 2.81 bits per heavy atom. The molecule has 1 aromatic heterocycles. The van der Waals surface area contributed by atoms with Crippen LogP contribution in [0.3, 0.4) is 0 Å². The van der Waals surface area contributed by atoms with Gasteiger partial charge >= 0.3 is 0 Å². The minimum absolute atomic E-state index is 0.0406. The zero-order valence-electron chi connectivity index (χ0n) is 20.8. The summed E-state index contributed by atoms with van der Waals surface area (Å²) in [7, 11) is 0. The molecule has 3 aliphatic carbocycles. The predicted octanol–water partition coefficient (Wildman–Crippen LogP) is 3.73. The van der Waals surface area contributed by atoms with Crippen LogP contribution in [-0.2, 0) is 15.1 Å². The van der Waals surface area contributed by atoms with E-state index < -0.39 is 34.4 Å². The molecule has 1 saturated heterocycles. The topological polar surface area (TPSA) is 99.9 Å². The molecule has 5 aliphatic rings. The monoisotopic (exact) mass is 487 g/mol. The quantitative estimate of drug-likeness (QED) is 0.597. The molecule has 6 heteroatoms. The number of aliphatic hydroxyl groups excluding tert-OH is 2. The zero-order chi connectivity index (χ0) is 25.1. The Bertz CT molecular complexity index is 1370. The van der Waals surface area contributed by atoms with Crippen LogP contribution < -0.4 is 0 Å². The lowest BCUT2D eigenvalue weighted by Gasteiger charge is -2.56. The van der Waals surface area contributed by atoms with E-state index in [-0.39, 0.29) is 24.0 Å². The number of rotatable bonds is 2. The summed E-state index contributed by atoms with van der Waals surface area (Å²) in [6.07, 6.45) is 9.63. The van der Waals surface area contributed by atoms with Crippen molar-refractivity contribution in [3.63, 3.8) is 0 Å². The van der Waals surface area contributed by atoms with Gasteiger partial charge in [0.25, 0.3) is 0 Å². The molecule has 2 spiro atoms. The van der Waals surface area contributed by atoms with Gasteiger partial charge < -0.3 is 20.1 Å². The van der Waals surface area contributed by atoms with Gasteiger partial charge in [-0.2, -0.15) is 0 Å². The molecule has 7 rings (SSSR count). The number of hydrogen-bond acceptors (Lipinski definition) is 6. The molecule has 0 radical (unpaired) electrons. The summed E-state index contributed by atoms with van der Waals surface area (Å²) >= 11 is 0. The number of carbonyl (C=O) groups is 1. The highest BCUT2D eigenvalue weighted by Gasteiger charge is 2.73. The fourth-order valence-corrected chi connectivity index (χ4v) is 8.55. The maximum Gasteiger partial charge on any atom is 0.169 e. The number of aromatic nitrogens is 1. The number of fused-ring (bicyclic) bond motifs is 2. The Kier molecular flexibility index (Phi) is 4.52. The number of nitrogens with zero attached hydrogens (tertiary/aromatic N) is 1. The van der Waals surface area contributed by atoms with Gasteiger partial charge in [0.05, 0.1) is 17.3 Å². The first-order chi connectivity index (χ1) is 17.2. The summed E-state index contributed by atoms with van der Waals surface area (Å²) in [5, 5.41) is 36.0. The average Bonchev–Trinajstić information content (AvgIpc) is 3.31. The highest BCUT2D eigenvalue weighted by molar-refractivity contribution is 5.94. The number of benzene rings is 1. The number of carbonyl (C=O) groups excluding carboxylic acids is 1. The summed E-state index contributed by atoms with van der Waals surface area (Å²) in [5.74, 6) is -0.387. The van der Waals surface area contributed by atoms with Crippen molar-refractivity contribution < 1.29 is 24.9 Å². The third kappa shape index (κ3) is 2.51. The van der Waals surface area contributed by atoms with E-state index in [0.29, 0.717) is 18.4 Å². The SMILES string of the molecule is CCC1CC23CCC4(O2)C(=CCC2(C)C4CC(=O)C2(O)c2ccc4ccncc4c2)C=C3C(O)C1O. The Morgan fingerprint density at radius 1 is 1.17 bits per heavy atom. The van der Waals surface area contributed by atoms with Gasteiger partial charge in [-0.15, -0.1) is 0 Å². The van der Waals surface area contributed by atoms with E-state index in [1.54, 1.807) is 12.4 Å². The van der Waals surface area contributed by atoms with Gasteiger partial charge in [0.2, 0.25) is 0 Å². The third-order valence-electron chi connectivity index (χ3n) is 10.6. The summed E-state index contributed by atoms with van der Waals surface area (Å²) < 4.78 is 7.08. The Balaban J connectivity index is 1.36. The van der Waals surface area contributed by atoms with E-state index in [1.807, 2.05) is 38.1 Å². The van der Waals surface area contributed by atoms with E-state index >= 15 is 0 Å². The maximum absolute atomic E-state index is 13.8. The summed E-state index contributed by atoms with van der Waals surface area (Å²) in [5.41, 5.74) is -1.26. The van der Waals surface area contributed by atoms with E-state index in [1.165, 1.54) is 0 Å². The van der Waals surface area contributed by atoms with Gasteiger partial charge in [0.15, 0.2) is 11.4 Å². The first-order valence-electron chi connectivity index (χ1n) is 13.3. The van der Waals surface area contributed by atoms with Crippen molar-refractivity contribution in [1.82, 2.24) is 4.98 Å². The fourth-order valence-electron chi connectivity index (χ4n) is 8.55. The van der Waals surface area contributed by atoms with Crippen molar-refractivity contribution in [2.75, 3.05) is 0 Å². The minimum Gasteiger partial charge on any atom is -0.390 e. The Hall–Kier alpha value is -2.38. The molecule has 3 fully saturated rings. The lowest BCUT2D eigenvalue weighted by atomic mass is 9.56. The fraction of sp³-hybridized carbons (Fsp3) is 0.533. The van der Waals surface area contributed by atoms with Crippen molar-refractivity contribution in [3.05, 3.63) is 65.5 Å². The molecule has 2 aliphatic heterocycles. The Labute approximate surface area is 210 Å². The van der Waals surface area contributed by atoms with Crippen LogP contribution in [0.4, 0.5) is 0 Å². The number of Topliss-reactive ketones (excluding diaryl/α,β-unsaturated/α-hetero) is 1. The van der Waals surface area contributed by atoms with Gasteiger partial charge in [0.1, 0.15) is 6.10 Å². The van der Waals surface area contributed by atoms with E-state index in [2.05, 4.69) is 17.1 Å². The molecule has 188 valence electrons. The number of ketones is 1. The minimum atomic E-state index is -1.63. The van der Waals surface area contributed by atoms with Crippen molar-refractivity contribution in [3.8, 4) is 0 Å². The second-order valence-corrected chi connectivity index (χ2v) is 12.0. The van der Waals surface area contributed by atoms with Crippen LogP contribution in [0.25, 0.3) is 10.8 Å². The number of allylic oxidation sites excluding steroid dienone is 1. The van der Waals surface area contributed by atoms with Crippen molar-refractivity contribution in [1.29, 1.82) is 0 Å². The first kappa shape index (κ1) is 22.8. The molecule has 6 nitrogen and oxygen atoms in total. The third-order valence-corrected chi connectivity index (χ3v) is 10.6. The molecule has 8 atom stereocenters. The summed E-state index contributed by atoms with van der Waals surface area (Å²) in [6, 6.07) is 7.67. The van der Waals surface area contributed by atoms with E-state index in [0.717, 1.165) is 41.2 Å². The van der Waals surface area contributed by atoms with Crippen molar-refractivity contribution in [2.24, 2.45) is 17.3 Å². The lowest BCUT2D eigenvalue weighted by molar-refractivity contribution is -0.181. The van der Waals surface area contributed by atoms with Gasteiger partial charge in [-0.25, -0.2) is 0 Å². The van der Waals surface area contributed by atoms with Gasteiger partial charge in [-0.05, 0) is 65.8 Å². The Morgan fingerprint density at radius 2 is 2.00 bits per heavy atom. The largest absolute Gasteiger partial charge is 0.390 e. The van der Waals surface area contributed by atoms with Crippen LogP contribution in [0.2, 0.25) is 0 Å². The number of ether oxygens (including phenoxy) is 1. The molecule has 2 aromatic rings.